The number of nitrogens with one attached hydrogen (secondary N) is 1. The molecule has 1 atom stereocenters. The van der Waals surface area contributed by atoms with E-state index in [1.165, 1.54) is 0 Å². The van der Waals surface area contributed by atoms with Crippen LogP contribution in [0.4, 0.5) is 0 Å². The monoisotopic (exact) mass is 295 g/mol. The number of hydrogen-bond donors (Lipinski definition) is 1. The molecule has 1 saturated heterocycles. The molecule has 112 valence electrons. The Morgan fingerprint density at radius 3 is 2.53 bits per heavy atom. The molecular formula is C11H22NO6P. The van der Waals surface area contributed by atoms with Crippen LogP contribution in [0.1, 0.15) is 33.1 Å². The van der Waals surface area contributed by atoms with Gasteiger partial charge in [0.15, 0.2) is 6.29 Å². The number of rotatable bonds is 8. The molecule has 1 rings (SSSR count). The lowest BCUT2D eigenvalue weighted by Crippen LogP contribution is -2.34. The van der Waals surface area contributed by atoms with Crippen LogP contribution in [-0.2, 0) is 28.0 Å². The standard InChI is InChI=1S/C11H22NO6P/c1-3-16-19(14,17-4-2)9-10(13)12-18-11-7-5-6-8-15-11/h11H,3-9H2,1-2H3,(H,12,13). The third kappa shape index (κ3) is 6.49. The second-order valence-corrected chi connectivity index (χ2v) is 6.10. The number of hydroxylamine groups is 1. The molecule has 1 aliphatic heterocycles. The largest absolute Gasteiger partial charge is 0.350 e. The number of hydrogen-bond acceptors (Lipinski definition) is 6. The van der Waals surface area contributed by atoms with Gasteiger partial charge in [0, 0.05) is 13.0 Å². The van der Waals surface area contributed by atoms with Gasteiger partial charge in [-0.1, -0.05) is 0 Å². The van der Waals surface area contributed by atoms with E-state index in [1.807, 2.05) is 0 Å². The van der Waals surface area contributed by atoms with Gasteiger partial charge in [-0.25, -0.2) is 10.3 Å². The van der Waals surface area contributed by atoms with Gasteiger partial charge in [0.05, 0.1) is 13.2 Å². The SMILES string of the molecule is CCOP(=O)(CC(=O)NOC1CCCCO1)OCC. The fourth-order valence-corrected chi connectivity index (χ4v) is 3.13. The molecule has 0 saturated carbocycles. The third-order valence-corrected chi connectivity index (χ3v) is 4.41. The van der Waals surface area contributed by atoms with Crippen molar-refractivity contribution in [3.63, 3.8) is 0 Å². The predicted molar refractivity (Wildman–Crippen MR) is 68.5 cm³/mol. The van der Waals surface area contributed by atoms with Crippen LogP contribution in [0.5, 0.6) is 0 Å². The minimum Gasteiger partial charge on any atom is -0.350 e. The molecule has 1 unspecified atom stereocenters. The first-order valence-corrected chi connectivity index (χ1v) is 8.26. The molecule has 1 amide bonds. The van der Waals surface area contributed by atoms with Crippen molar-refractivity contribution in [1.82, 2.24) is 5.48 Å². The van der Waals surface area contributed by atoms with E-state index in [1.54, 1.807) is 13.8 Å². The van der Waals surface area contributed by atoms with Gasteiger partial charge < -0.3 is 13.8 Å². The van der Waals surface area contributed by atoms with Crippen LogP contribution >= 0.6 is 7.60 Å². The molecule has 0 bridgehead atoms. The average molecular weight is 295 g/mol. The normalized spacial score (nSPS) is 20.2. The van der Waals surface area contributed by atoms with Crippen LogP contribution in [0.15, 0.2) is 0 Å². The quantitative estimate of drug-likeness (QED) is 0.543. The Morgan fingerprint density at radius 2 is 2.00 bits per heavy atom. The second kappa shape index (κ2) is 8.66. The van der Waals surface area contributed by atoms with Gasteiger partial charge in [0.25, 0.3) is 5.91 Å². The third-order valence-electron chi connectivity index (χ3n) is 2.43. The maximum absolute atomic E-state index is 12.1. The van der Waals surface area contributed by atoms with Crippen LogP contribution in [0.25, 0.3) is 0 Å². The van der Waals surface area contributed by atoms with E-state index in [4.69, 9.17) is 18.6 Å². The highest BCUT2D eigenvalue weighted by atomic mass is 31.2. The highest BCUT2D eigenvalue weighted by Gasteiger charge is 2.28. The Kier molecular flexibility index (Phi) is 7.56. The van der Waals surface area contributed by atoms with Gasteiger partial charge in [0.2, 0.25) is 0 Å². The highest BCUT2D eigenvalue weighted by molar-refractivity contribution is 7.54. The minimum absolute atomic E-state index is 0.219. The van der Waals surface area contributed by atoms with E-state index in [2.05, 4.69) is 5.48 Å². The Labute approximate surface area is 113 Å². The number of carbonyl (C=O) groups excluding carboxylic acids is 1. The van der Waals surface area contributed by atoms with E-state index in [-0.39, 0.29) is 19.4 Å². The van der Waals surface area contributed by atoms with E-state index >= 15 is 0 Å². The molecular weight excluding hydrogens is 273 g/mol. The molecule has 0 aromatic rings. The van der Waals surface area contributed by atoms with Crippen molar-refractivity contribution >= 4 is 13.5 Å². The van der Waals surface area contributed by atoms with Gasteiger partial charge in [-0.05, 0) is 26.7 Å². The first-order valence-electron chi connectivity index (χ1n) is 6.54. The van der Waals surface area contributed by atoms with E-state index < -0.39 is 19.8 Å². The van der Waals surface area contributed by atoms with E-state index in [9.17, 15) is 9.36 Å². The van der Waals surface area contributed by atoms with Crippen molar-refractivity contribution in [1.29, 1.82) is 0 Å². The van der Waals surface area contributed by atoms with Crippen molar-refractivity contribution in [2.24, 2.45) is 0 Å². The zero-order valence-electron chi connectivity index (χ0n) is 11.4. The first kappa shape index (κ1) is 16.6. The van der Waals surface area contributed by atoms with Crippen LogP contribution in [0.2, 0.25) is 0 Å². The smallest absolute Gasteiger partial charge is 0.340 e. The highest BCUT2D eigenvalue weighted by Crippen LogP contribution is 2.47. The van der Waals surface area contributed by atoms with Gasteiger partial charge in [-0.3, -0.25) is 9.36 Å². The fourth-order valence-electron chi connectivity index (χ4n) is 1.67. The Bertz CT molecular complexity index is 308. The lowest BCUT2D eigenvalue weighted by Gasteiger charge is -2.22. The van der Waals surface area contributed by atoms with Gasteiger partial charge in [-0.2, -0.15) is 0 Å². The van der Waals surface area contributed by atoms with Crippen molar-refractivity contribution in [3.05, 3.63) is 0 Å². The molecule has 1 N–H and O–H groups in total. The summed E-state index contributed by atoms with van der Waals surface area (Å²) in [6.45, 7) is 4.44. The molecule has 0 aromatic carbocycles. The van der Waals surface area contributed by atoms with Crippen molar-refractivity contribution in [3.8, 4) is 0 Å². The number of carbonyl (C=O) groups is 1. The Hall–Kier alpha value is -0.460. The number of ether oxygens (including phenoxy) is 1. The molecule has 1 fully saturated rings. The fraction of sp³-hybridized carbons (Fsp3) is 0.909. The second-order valence-electron chi connectivity index (χ2n) is 4.04. The predicted octanol–water partition coefficient (Wildman–Crippen LogP) is 1.83. The van der Waals surface area contributed by atoms with Crippen LogP contribution in [0, 0.1) is 0 Å². The average Bonchev–Trinajstić information content (AvgIpc) is 2.38. The van der Waals surface area contributed by atoms with Crippen molar-refractivity contribution < 1.29 is 28.0 Å². The van der Waals surface area contributed by atoms with Gasteiger partial charge in [-0.15, -0.1) is 0 Å². The Balaban J connectivity index is 2.33. The van der Waals surface area contributed by atoms with Crippen LogP contribution < -0.4 is 5.48 Å². The molecule has 7 nitrogen and oxygen atoms in total. The van der Waals surface area contributed by atoms with Crippen molar-refractivity contribution in [2.75, 3.05) is 26.0 Å². The summed E-state index contributed by atoms with van der Waals surface area (Å²) in [5.74, 6) is -0.542. The molecule has 0 spiro atoms. The summed E-state index contributed by atoms with van der Waals surface area (Å²) in [7, 11) is -3.38. The topological polar surface area (TPSA) is 83.1 Å². The van der Waals surface area contributed by atoms with E-state index in [0.29, 0.717) is 6.61 Å². The van der Waals surface area contributed by atoms with Crippen LogP contribution in [-0.4, -0.2) is 38.2 Å². The zero-order chi connectivity index (χ0) is 14.1. The molecule has 1 aliphatic rings. The maximum Gasteiger partial charge on any atom is 0.340 e. The zero-order valence-corrected chi connectivity index (χ0v) is 12.3. The number of amides is 1. The lowest BCUT2D eigenvalue weighted by molar-refractivity contribution is -0.199. The van der Waals surface area contributed by atoms with Gasteiger partial charge >= 0.3 is 7.60 Å². The van der Waals surface area contributed by atoms with Gasteiger partial charge in [0.1, 0.15) is 6.16 Å². The molecule has 0 aromatic heterocycles. The summed E-state index contributed by atoms with van der Waals surface area (Å²) in [6, 6.07) is 0. The first-order chi connectivity index (χ1) is 9.09. The maximum atomic E-state index is 12.1. The summed E-state index contributed by atoms with van der Waals surface area (Å²) in [6.07, 6.45) is 1.93. The molecule has 1 heterocycles. The summed E-state index contributed by atoms with van der Waals surface area (Å²) in [4.78, 5) is 16.7. The summed E-state index contributed by atoms with van der Waals surface area (Å²) >= 11 is 0. The lowest BCUT2D eigenvalue weighted by atomic mass is 10.2. The van der Waals surface area contributed by atoms with Crippen molar-refractivity contribution in [2.45, 2.75) is 39.4 Å². The minimum atomic E-state index is -3.38. The van der Waals surface area contributed by atoms with Crippen LogP contribution in [0.3, 0.4) is 0 Å². The van der Waals surface area contributed by atoms with E-state index in [0.717, 1.165) is 19.3 Å². The Morgan fingerprint density at radius 1 is 1.32 bits per heavy atom. The summed E-state index contributed by atoms with van der Waals surface area (Å²) in [5, 5.41) is 0. The molecule has 19 heavy (non-hydrogen) atoms. The molecule has 0 radical (unpaired) electrons. The molecule has 0 aliphatic carbocycles. The molecule has 8 heteroatoms. The summed E-state index contributed by atoms with van der Waals surface area (Å²) < 4.78 is 27.4. The summed E-state index contributed by atoms with van der Waals surface area (Å²) in [5.41, 5.74) is 2.23.